The lowest BCUT2D eigenvalue weighted by atomic mass is 9.83. The molecule has 2 aromatic rings. The Kier molecular flexibility index (Phi) is 15.9. The number of methoxy groups -OCH3 is 1. The van der Waals surface area contributed by atoms with Gasteiger partial charge in [-0.2, -0.15) is 0 Å². The number of aliphatic hydroxyl groups is 1. The topological polar surface area (TPSA) is 123 Å². The van der Waals surface area contributed by atoms with Gasteiger partial charge in [0.05, 0.1) is 23.7 Å². The second-order valence-electron chi connectivity index (χ2n) is 11.1. The number of amides is 2. The molecule has 10 heteroatoms. The number of rotatable bonds is 17. The van der Waals surface area contributed by atoms with Gasteiger partial charge in [-0.1, -0.05) is 38.1 Å². The van der Waals surface area contributed by atoms with Crippen LogP contribution in [0.2, 0.25) is 0 Å². The van der Waals surface area contributed by atoms with Gasteiger partial charge >= 0.3 is 0 Å². The zero-order chi connectivity index (χ0) is 29.7. The molecule has 0 spiro atoms. The molecular formula is C31H47ClFN3O5. The molecule has 8 nitrogen and oxygen atoms in total. The van der Waals surface area contributed by atoms with Gasteiger partial charge in [0.2, 0.25) is 5.91 Å². The number of benzene rings is 2. The largest absolute Gasteiger partial charge is 0.493 e. The molecule has 0 unspecified atom stereocenters. The molecular weight excluding hydrogens is 549 g/mol. The van der Waals surface area contributed by atoms with Crippen LogP contribution in [-0.2, 0) is 14.9 Å². The highest BCUT2D eigenvalue weighted by Gasteiger charge is 2.31. The highest BCUT2D eigenvalue weighted by molar-refractivity contribution is 5.96. The van der Waals surface area contributed by atoms with Crippen molar-refractivity contribution in [1.29, 1.82) is 0 Å². The summed E-state index contributed by atoms with van der Waals surface area (Å²) in [6.45, 7) is 8.97. The first-order valence-electron chi connectivity index (χ1n) is 13.9. The summed E-state index contributed by atoms with van der Waals surface area (Å²) >= 11 is 0. The summed E-state index contributed by atoms with van der Waals surface area (Å²) in [5.41, 5.74) is 6.34. The van der Waals surface area contributed by atoms with Gasteiger partial charge < -0.3 is 30.9 Å². The van der Waals surface area contributed by atoms with Gasteiger partial charge in [-0.05, 0) is 74.8 Å². The number of aliphatic hydroxyl groups excluding tert-OH is 1. The molecule has 0 saturated carbocycles. The highest BCUT2D eigenvalue weighted by atomic mass is 35.5. The molecule has 0 saturated heterocycles. The maximum atomic E-state index is 13.7. The molecule has 0 aromatic heterocycles. The molecule has 0 aliphatic rings. The molecule has 2 aromatic carbocycles. The van der Waals surface area contributed by atoms with Crippen LogP contribution in [0.15, 0.2) is 48.5 Å². The number of halogens is 2. The SMILES string of the molecule is COCCCCOc1ccccc1C(=O)NC[C@@H](C[C@H](N)[C@@H](O)CNC(=O)C(C)(C)c1cccc(F)c1)C(C)C.Cl. The van der Waals surface area contributed by atoms with Crippen LogP contribution in [0.4, 0.5) is 4.39 Å². The maximum Gasteiger partial charge on any atom is 0.255 e. The quantitative estimate of drug-likeness (QED) is 0.203. The van der Waals surface area contributed by atoms with Crippen LogP contribution < -0.4 is 21.1 Å². The van der Waals surface area contributed by atoms with Crippen LogP contribution in [0.3, 0.4) is 0 Å². The minimum atomic E-state index is -0.989. The Hall–Kier alpha value is -2.72. The zero-order valence-corrected chi connectivity index (χ0v) is 25.6. The van der Waals surface area contributed by atoms with Crippen molar-refractivity contribution < 1.29 is 28.6 Å². The van der Waals surface area contributed by atoms with Crippen molar-refractivity contribution >= 4 is 24.2 Å². The van der Waals surface area contributed by atoms with E-state index in [0.717, 1.165) is 12.8 Å². The number of unbranched alkanes of at least 4 members (excludes halogenated alkanes) is 1. The molecule has 41 heavy (non-hydrogen) atoms. The van der Waals surface area contributed by atoms with E-state index in [1.54, 1.807) is 51.3 Å². The van der Waals surface area contributed by atoms with Crippen LogP contribution in [0.25, 0.3) is 0 Å². The number of hydrogen-bond acceptors (Lipinski definition) is 6. The highest BCUT2D eigenvalue weighted by Crippen LogP contribution is 2.24. The number of carbonyl (C=O) groups is 2. The number of nitrogens with one attached hydrogen (secondary N) is 2. The third kappa shape index (κ3) is 11.6. The van der Waals surface area contributed by atoms with Crippen molar-refractivity contribution in [1.82, 2.24) is 10.6 Å². The summed E-state index contributed by atoms with van der Waals surface area (Å²) in [6.07, 6.45) is 1.15. The lowest BCUT2D eigenvalue weighted by Crippen LogP contribution is -2.49. The number of nitrogens with two attached hydrogens (primary N) is 1. The monoisotopic (exact) mass is 595 g/mol. The minimum absolute atomic E-state index is 0. The molecule has 0 heterocycles. The first kappa shape index (κ1) is 36.3. The van der Waals surface area contributed by atoms with Gasteiger partial charge in [-0.15, -0.1) is 12.4 Å². The summed E-state index contributed by atoms with van der Waals surface area (Å²) in [6, 6.07) is 12.4. The Morgan fingerprint density at radius 3 is 2.37 bits per heavy atom. The van der Waals surface area contributed by atoms with E-state index in [-0.39, 0.29) is 42.6 Å². The van der Waals surface area contributed by atoms with Crippen LogP contribution in [0.1, 0.15) is 62.9 Å². The summed E-state index contributed by atoms with van der Waals surface area (Å²) in [5, 5.41) is 16.4. The molecule has 0 fully saturated rings. The molecule has 2 amide bonds. The molecule has 5 N–H and O–H groups in total. The summed E-state index contributed by atoms with van der Waals surface area (Å²) < 4.78 is 24.6. The van der Waals surface area contributed by atoms with Crippen molar-refractivity contribution in [2.24, 2.45) is 17.6 Å². The average Bonchev–Trinajstić information content (AvgIpc) is 2.93. The molecule has 0 aliphatic heterocycles. The number of para-hydroxylation sites is 1. The van der Waals surface area contributed by atoms with Crippen LogP contribution in [0.5, 0.6) is 5.75 Å². The lowest BCUT2D eigenvalue weighted by molar-refractivity contribution is -0.126. The molecule has 230 valence electrons. The fourth-order valence-corrected chi connectivity index (χ4v) is 4.31. The molecule has 3 atom stereocenters. The first-order chi connectivity index (χ1) is 19.0. The van der Waals surface area contributed by atoms with E-state index in [1.165, 1.54) is 12.1 Å². The van der Waals surface area contributed by atoms with Crippen molar-refractivity contribution in [3.8, 4) is 5.75 Å². The van der Waals surface area contributed by atoms with Crippen molar-refractivity contribution in [2.75, 3.05) is 33.4 Å². The van der Waals surface area contributed by atoms with Crippen molar-refractivity contribution in [3.05, 3.63) is 65.5 Å². The Morgan fingerprint density at radius 2 is 1.71 bits per heavy atom. The maximum absolute atomic E-state index is 13.7. The zero-order valence-electron chi connectivity index (χ0n) is 24.8. The van der Waals surface area contributed by atoms with E-state index < -0.39 is 23.4 Å². The van der Waals surface area contributed by atoms with Crippen molar-refractivity contribution in [3.63, 3.8) is 0 Å². The fraction of sp³-hybridized carbons (Fsp3) is 0.548. The van der Waals surface area contributed by atoms with Gasteiger partial charge in [0.15, 0.2) is 0 Å². The van der Waals surface area contributed by atoms with E-state index in [2.05, 4.69) is 10.6 Å². The molecule has 2 rings (SSSR count). The van der Waals surface area contributed by atoms with E-state index in [0.29, 0.717) is 43.1 Å². The van der Waals surface area contributed by atoms with Crippen LogP contribution in [-0.4, -0.2) is 62.5 Å². The number of ether oxygens (including phenoxy) is 2. The van der Waals surface area contributed by atoms with E-state index in [4.69, 9.17) is 15.2 Å². The Bertz CT molecular complexity index is 1090. The predicted molar refractivity (Wildman–Crippen MR) is 162 cm³/mol. The van der Waals surface area contributed by atoms with Gasteiger partial charge in [-0.25, -0.2) is 4.39 Å². The molecule has 0 aliphatic carbocycles. The summed E-state index contributed by atoms with van der Waals surface area (Å²) in [5.74, 6) is -0.276. The second kappa shape index (κ2) is 18.0. The van der Waals surface area contributed by atoms with Gasteiger partial charge in [-0.3, -0.25) is 9.59 Å². The third-order valence-electron chi connectivity index (χ3n) is 7.25. The van der Waals surface area contributed by atoms with Gasteiger partial charge in [0, 0.05) is 32.8 Å². The standard InChI is InChI=1S/C31H46FN3O5.ClH/c1-21(2)22(19-34-29(37)25-13-6-7-14-28(25)40-16-9-8-15-39-5)17-26(33)27(36)20-35-30(38)31(3,4)23-11-10-12-24(32)18-23;/h6-7,10-14,18,21-22,26-27,36H,8-9,15-17,19-20,33H2,1-5H3,(H,34,37)(H,35,38);1H/t22-,26+,27+;/m1./s1. The van der Waals surface area contributed by atoms with Crippen LogP contribution >= 0.6 is 12.4 Å². The number of carbonyl (C=O) groups excluding carboxylic acids is 2. The van der Waals surface area contributed by atoms with E-state index >= 15 is 0 Å². The third-order valence-corrected chi connectivity index (χ3v) is 7.25. The number of hydrogen-bond donors (Lipinski definition) is 4. The minimum Gasteiger partial charge on any atom is -0.493 e. The lowest BCUT2D eigenvalue weighted by Gasteiger charge is -2.29. The normalized spacial score (nSPS) is 13.6. The Morgan fingerprint density at radius 1 is 1.02 bits per heavy atom. The Balaban J connectivity index is 0.00000840. The Labute approximate surface area is 250 Å². The predicted octanol–water partition coefficient (Wildman–Crippen LogP) is 4.23. The molecule has 0 bridgehead atoms. The summed E-state index contributed by atoms with van der Waals surface area (Å²) in [4.78, 5) is 25.8. The average molecular weight is 596 g/mol. The molecule has 0 radical (unpaired) electrons. The summed E-state index contributed by atoms with van der Waals surface area (Å²) in [7, 11) is 1.66. The second-order valence-corrected chi connectivity index (χ2v) is 11.1. The van der Waals surface area contributed by atoms with E-state index in [1.807, 2.05) is 19.9 Å². The van der Waals surface area contributed by atoms with Gasteiger partial charge in [0.1, 0.15) is 11.6 Å². The van der Waals surface area contributed by atoms with Gasteiger partial charge in [0.25, 0.3) is 5.91 Å². The fourth-order valence-electron chi connectivity index (χ4n) is 4.31. The van der Waals surface area contributed by atoms with Crippen LogP contribution in [0, 0.1) is 17.7 Å². The van der Waals surface area contributed by atoms with Crippen molar-refractivity contribution in [2.45, 2.75) is 64.5 Å². The van der Waals surface area contributed by atoms with E-state index in [9.17, 15) is 19.1 Å². The first-order valence-corrected chi connectivity index (χ1v) is 13.9. The smallest absolute Gasteiger partial charge is 0.255 e.